The van der Waals surface area contributed by atoms with Crippen LogP contribution in [0.3, 0.4) is 0 Å². The second-order valence-electron chi connectivity index (χ2n) is 2.49. The molecule has 1 N–H and O–H groups in total. The molecule has 1 aromatic carbocycles. The fraction of sp³-hybridized carbons (Fsp3) is 0.111. The molecule has 0 radical (unpaired) electrons. The van der Waals surface area contributed by atoms with Crippen LogP contribution in [0.4, 0.5) is 5.69 Å². The van der Waals surface area contributed by atoms with Gasteiger partial charge < -0.3 is 10.2 Å². The molecule has 1 aromatic rings. The van der Waals surface area contributed by atoms with Crippen LogP contribution in [0.1, 0.15) is 0 Å². The van der Waals surface area contributed by atoms with Gasteiger partial charge in [0.25, 0.3) is 6.54 Å². The summed E-state index contributed by atoms with van der Waals surface area (Å²) < 4.78 is 0. The molecule has 14 heavy (non-hydrogen) atoms. The van der Waals surface area contributed by atoms with Crippen molar-refractivity contribution in [3.05, 3.63) is 39.7 Å². The lowest BCUT2D eigenvalue weighted by Gasteiger charge is -2.03. The van der Waals surface area contributed by atoms with Crippen molar-refractivity contribution in [3.8, 4) is 0 Å². The molecule has 0 saturated heterocycles. The lowest BCUT2D eigenvalue weighted by atomic mass is 10.3. The van der Waals surface area contributed by atoms with Crippen LogP contribution in [0.25, 0.3) is 4.85 Å². The van der Waals surface area contributed by atoms with Crippen molar-refractivity contribution in [1.82, 2.24) is 0 Å². The molecule has 0 spiro atoms. The van der Waals surface area contributed by atoms with Gasteiger partial charge in [0.1, 0.15) is 0 Å². The molecule has 0 saturated carbocycles. The lowest BCUT2D eigenvalue weighted by Crippen LogP contribution is -2.13. The summed E-state index contributed by atoms with van der Waals surface area (Å²) >= 11 is 11.5. The van der Waals surface area contributed by atoms with E-state index in [4.69, 9.17) is 29.8 Å². The summed E-state index contributed by atoms with van der Waals surface area (Å²) in [6.07, 6.45) is 0. The molecule has 0 fully saturated rings. The van der Waals surface area contributed by atoms with E-state index in [9.17, 15) is 4.79 Å². The van der Waals surface area contributed by atoms with Crippen molar-refractivity contribution >= 4 is 34.8 Å². The minimum absolute atomic E-state index is 0.209. The van der Waals surface area contributed by atoms with E-state index in [2.05, 4.69) is 10.2 Å². The highest BCUT2D eigenvalue weighted by atomic mass is 35.5. The normalized spacial score (nSPS) is 9.21. The van der Waals surface area contributed by atoms with E-state index < -0.39 is 0 Å². The van der Waals surface area contributed by atoms with Gasteiger partial charge in [0.15, 0.2) is 0 Å². The molecule has 1 rings (SSSR count). The summed E-state index contributed by atoms with van der Waals surface area (Å²) in [4.78, 5) is 14.0. The van der Waals surface area contributed by atoms with Crippen LogP contribution in [-0.4, -0.2) is 12.5 Å². The number of carbonyl (C=O) groups is 1. The first-order valence-corrected chi connectivity index (χ1v) is 4.47. The van der Waals surface area contributed by atoms with Crippen LogP contribution in [0.15, 0.2) is 18.2 Å². The van der Waals surface area contributed by atoms with Crippen LogP contribution in [0, 0.1) is 6.57 Å². The van der Waals surface area contributed by atoms with Gasteiger partial charge in [-0.2, -0.15) is 0 Å². The number of halogens is 2. The van der Waals surface area contributed by atoms with Crippen LogP contribution < -0.4 is 5.32 Å². The number of hydrogen-bond acceptors (Lipinski definition) is 1. The molecule has 0 unspecified atom stereocenters. The first-order chi connectivity index (χ1) is 6.63. The SMILES string of the molecule is [C-]#[N+]CC(=O)Nc1ccc(Cl)cc1Cl. The zero-order valence-corrected chi connectivity index (χ0v) is 8.56. The van der Waals surface area contributed by atoms with E-state index in [1.807, 2.05) is 0 Å². The van der Waals surface area contributed by atoms with Gasteiger partial charge in [-0.3, -0.25) is 4.79 Å². The summed E-state index contributed by atoms with van der Waals surface area (Å²) in [5, 5.41) is 3.35. The largest absolute Gasteiger partial charge is 0.318 e. The number of nitrogens with one attached hydrogen (secondary N) is 1. The molecular weight excluding hydrogens is 223 g/mol. The van der Waals surface area contributed by atoms with Crippen molar-refractivity contribution < 1.29 is 4.79 Å². The smallest absolute Gasteiger partial charge is 0.304 e. The average Bonchev–Trinajstić information content (AvgIpc) is 2.10. The van der Waals surface area contributed by atoms with E-state index in [1.165, 1.54) is 6.07 Å². The molecular formula is C9H6Cl2N2O. The lowest BCUT2D eigenvalue weighted by molar-refractivity contribution is -0.114. The standard InChI is InChI=1S/C9H6Cl2N2O/c1-12-5-9(14)13-8-3-2-6(10)4-7(8)11/h2-4H,5H2,(H,13,14). The van der Waals surface area contributed by atoms with Crippen LogP contribution >= 0.6 is 23.2 Å². The Morgan fingerprint density at radius 1 is 1.50 bits per heavy atom. The van der Waals surface area contributed by atoms with Gasteiger partial charge in [-0.15, -0.1) is 0 Å². The minimum atomic E-state index is -0.385. The minimum Gasteiger partial charge on any atom is -0.318 e. The van der Waals surface area contributed by atoms with E-state index in [-0.39, 0.29) is 12.5 Å². The highest BCUT2D eigenvalue weighted by Crippen LogP contribution is 2.25. The number of hydrogen-bond donors (Lipinski definition) is 1. The Morgan fingerprint density at radius 3 is 2.79 bits per heavy atom. The maximum atomic E-state index is 11.0. The summed E-state index contributed by atoms with van der Waals surface area (Å²) in [5.74, 6) is -0.385. The predicted octanol–water partition coefficient (Wildman–Crippen LogP) is 2.85. The Morgan fingerprint density at radius 2 is 2.21 bits per heavy atom. The quantitative estimate of drug-likeness (QED) is 0.777. The van der Waals surface area contributed by atoms with Crippen molar-refractivity contribution in [2.75, 3.05) is 11.9 Å². The fourth-order valence-corrected chi connectivity index (χ4v) is 1.31. The molecule has 0 atom stereocenters. The van der Waals surface area contributed by atoms with Crippen molar-refractivity contribution in [2.24, 2.45) is 0 Å². The Labute approximate surface area is 91.4 Å². The van der Waals surface area contributed by atoms with E-state index in [0.29, 0.717) is 15.7 Å². The third kappa shape index (κ3) is 2.91. The third-order valence-corrected chi connectivity index (χ3v) is 1.98. The molecule has 0 aliphatic rings. The molecule has 0 aromatic heterocycles. The summed E-state index contributed by atoms with van der Waals surface area (Å²) in [6, 6.07) is 4.73. The number of anilines is 1. The Kier molecular flexibility index (Phi) is 3.75. The maximum absolute atomic E-state index is 11.0. The average molecular weight is 229 g/mol. The molecule has 1 amide bonds. The second kappa shape index (κ2) is 4.85. The molecule has 0 heterocycles. The van der Waals surface area contributed by atoms with Crippen LogP contribution in [0.5, 0.6) is 0 Å². The van der Waals surface area contributed by atoms with Gasteiger partial charge in [-0.25, -0.2) is 6.57 Å². The molecule has 0 bridgehead atoms. The topological polar surface area (TPSA) is 33.5 Å². The first kappa shape index (κ1) is 10.8. The van der Waals surface area contributed by atoms with Gasteiger partial charge in [0.2, 0.25) is 0 Å². The molecule has 3 nitrogen and oxygen atoms in total. The number of benzene rings is 1. The zero-order valence-electron chi connectivity index (χ0n) is 7.05. The van der Waals surface area contributed by atoms with Gasteiger partial charge in [-0.1, -0.05) is 23.2 Å². The first-order valence-electron chi connectivity index (χ1n) is 3.71. The van der Waals surface area contributed by atoms with Gasteiger partial charge in [0, 0.05) is 5.02 Å². The second-order valence-corrected chi connectivity index (χ2v) is 3.33. The van der Waals surface area contributed by atoms with Crippen LogP contribution in [-0.2, 0) is 4.79 Å². The van der Waals surface area contributed by atoms with Crippen molar-refractivity contribution in [3.63, 3.8) is 0 Å². The highest BCUT2D eigenvalue weighted by Gasteiger charge is 2.07. The summed E-state index contributed by atoms with van der Waals surface area (Å²) in [7, 11) is 0. The number of carbonyl (C=O) groups excluding carboxylic acids is 1. The number of nitrogens with zero attached hydrogens (tertiary/aromatic N) is 1. The van der Waals surface area contributed by atoms with Crippen LogP contribution in [0.2, 0.25) is 10.0 Å². The predicted molar refractivity (Wildman–Crippen MR) is 56.6 cm³/mol. The summed E-state index contributed by atoms with van der Waals surface area (Å²) in [5.41, 5.74) is 0.463. The third-order valence-electron chi connectivity index (χ3n) is 1.43. The van der Waals surface area contributed by atoms with Crippen molar-refractivity contribution in [1.29, 1.82) is 0 Å². The fourth-order valence-electron chi connectivity index (χ4n) is 0.852. The number of amides is 1. The van der Waals surface area contributed by atoms with Gasteiger partial charge in [0.05, 0.1) is 10.7 Å². The van der Waals surface area contributed by atoms with E-state index >= 15 is 0 Å². The highest BCUT2D eigenvalue weighted by molar-refractivity contribution is 6.36. The zero-order chi connectivity index (χ0) is 10.6. The number of rotatable bonds is 2. The monoisotopic (exact) mass is 228 g/mol. The molecule has 72 valence electrons. The van der Waals surface area contributed by atoms with Gasteiger partial charge in [-0.05, 0) is 18.2 Å². The molecule has 5 heteroatoms. The molecule has 0 aliphatic heterocycles. The Bertz CT molecular complexity index is 398. The maximum Gasteiger partial charge on any atom is 0.304 e. The van der Waals surface area contributed by atoms with E-state index in [1.54, 1.807) is 12.1 Å². The van der Waals surface area contributed by atoms with Crippen molar-refractivity contribution in [2.45, 2.75) is 0 Å². The van der Waals surface area contributed by atoms with E-state index in [0.717, 1.165) is 0 Å². The molecule has 0 aliphatic carbocycles. The summed E-state index contributed by atoms with van der Waals surface area (Å²) in [6.45, 7) is 6.29. The van der Waals surface area contributed by atoms with Gasteiger partial charge >= 0.3 is 5.91 Å². The Hall–Kier alpha value is -1.24. The Balaban J connectivity index is 2.78.